The summed E-state index contributed by atoms with van der Waals surface area (Å²) >= 11 is 5.98. The molecular formula is C11H12ClNO3S. The summed E-state index contributed by atoms with van der Waals surface area (Å²) in [4.78, 5) is 11.8. The minimum atomic E-state index is -3.35. The van der Waals surface area contributed by atoms with Gasteiger partial charge < -0.3 is 0 Å². The molecule has 0 saturated carbocycles. The Morgan fingerprint density at radius 3 is 2.65 bits per heavy atom. The number of sulfonamides is 1. The van der Waals surface area contributed by atoms with Gasteiger partial charge in [0.25, 0.3) is 0 Å². The van der Waals surface area contributed by atoms with Gasteiger partial charge in [-0.05, 0) is 30.5 Å². The Kier molecular flexibility index (Phi) is 3.14. The van der Waals surface area contributed by atoms with Gasteiger partial charge in [0.05, 0.1) is 17.0 Å². The number of hydrogen-bond donors (Lipinski definition) is 1. The molecule has 1 aliphatic rings. The standard InChI is InChI=1S/C11H12ClNO3S/c1-17(15,16)13-9-6-5-8(12)11-7(9)3-2-4-10(11)14/h5-6,13H,2-4H2,1H3. The van der Waals surface area contributed by atoms with E-state index < -0.39 is 10.0 Å². The van der Waals surface area contributed by atoms with Crippen LogP contribution in [0.4, 0.5) is 5.69 Å². The number of carbonyl (C=O) groups is 1. The van der Waals surface area contributed by atoms with Crippen molar-refractivity contribution in [2.24, 2.45) is 0 Å². The van der Waals surface area contributed by atoms with Crippen LogP contribution in [0.3, 0.4) is 0 Å². The molecule has 92 valence electrons. The van der Waals surface area contributed by atoms with Crippen molar-refractivity contribution in [1.82, 2.24) is 0 Å². The SMILES string of the molecule is CS(=O)(=O)Nc1ccc(Cl)c2c1CCCC2=O. The molecule has 0 spiro atoms. The second kappa shape index (κ2) is 4.31. The first-order valence-electron chi connectivity index (χ1n) is 5.21. The normalized spacial score (nSPS) is 15.5. The fourth-order valence-electron chi connectivity index (χ4n) is 2.03. The van der Waals surface area contributed by atoms with Crippen molar-refractivity contribution in [2.75, 3.05) is 11.0 Å². The lowest BCUT2D eigenvalue weighted by Crippen LogP contribution is -2.17. The maximum Gasteiger partial charge on any atom is 0.229 e. The number of Topliss-reactive ketones (excluding diaryl/α,β-unsaturated/α-hetero) is 1. The van der Waals surface area contributed by atoms with Crippen molar-refractivity contribution in [3.05, 3.63) is 28.3 Å². The summed E-state index contributed by atoms with van der Waals surface area (Å²) in [6, 6.07) is 3.15. The van der Waals surface area contributed by atoms with E-state index in [0.717, 1.165) is 12.7 Å². The molecule has 1 aliphatic carbocycles. The quantitative estimate of drug-likeness (QED) is 0.899. The number of benzene rings is 1. The van der Waals surface area contributed by atoms with E-state index in [0.29, 0.717) is 34.7 Å². The van der Waals surface area contributed by atoms with Gasteiger partial charge in [-0.3, -0.25) is 9.52 Å². The third-order valence-corrected chi connectivity index (χ3v) is 3.57. The maximum absolute atomic E-state index is 11.8. The van der Waals surface area contributed by atoms with Gasteiger partial charge in [0.2, 0.25) is 10.0 Å². The van der Waals surface area contributed by atoms with Gasteiger partial charge in [-0.2, -0.15) is 0 Å². The van der Waals surface area contributed by atoms with Gasteiger partial charge in [-0.1, -0.05) is 11.6 Å². The Bertz CT molecular complexity index is 581. The van der Waals surface area contributed by atoms with E-state index in [9.17, 15) is 13.2 Å². The van der Waals surface area contributed by atoms with E-state index in [1.54, 1.807) is 12.1 Å². The van der Waals surface area contributed by atoms with Crippen LogP contribution in [-0.4, -0.2) is 20.5 Å². The minimum Gasteiger partial charge on any atom is -0.294 e. The highest BCUT2D eigenvalue weighted by Gasteiger charge is 2.23. The molecule has 2 rings (SSSR count). The lowest BCUT2D eigenvalue weighted by molar-refractivity contribution is 0.0973. The number of rotatable bonds is 2. The van der Waals surface area contributed by atoms with Crippen LogP contribution in [-0.2, 0) is 16.4 Å². The average molecular weight is 274 g/mol. The molecule has 0 radical (unpaired) electrons. The number of anilines is 1. The van der Waals surface area contributed by atoms with E-state index in [4.69, 9.17) is 11.6 Å². The van der Waals surface area contributed by atoms with Crippen LogP contribution in [0.25, 0.3) is 0 Å². The fourth-order valence-corrected chi connectivity index (χ4v) is 2.90. The zero-order valence-corrected chi connectivity index (χ0v) is 10.9. The summed E-state index contributed by atoms with van der Waals surface area (Å²) in [7, 11) is -3.35. The van der Waals surface area contributed by atoms with Crippen molar-refractivity contribution in [3.8, 4) is 0 Å². The molecule has 0 unspecified atom stereocenters. The summed E-state index contributed by atoms with van der Waals surface area (Å²) in [5.74, 6) is -0.0200. The number of nitrogens with one attached hydrogen (secondary N) is 1. The highest BCUT2D eigenvalue weighted by molar-refractivity contribution is 7.92. The van der Waals surface area contributed by atoms with Crippen molar-refractivity contribution in [2.45, 2.75) is 19.3 Å². The molecule has 0 fully saturated rings. The van der Waals surface area contributed by atoms with E-state index in [-0.39, 0.29) is 5.78 Å². The van der Waals surface area contributed by atoms with Gasteiger partial charge in [-0.25, -0.2) is 8.42 Å². The largest absolute Gasteiger partial charge is 0.294 e. The Labute approximate surface area is 105 Å². The highest BCUT2D eigenvalue weighted by Crippen LogP contribution is 2.33. The monoisotopic (exact) mass is 273 g/mol. The molecule has 0 bridgehead atoms. The molecule has 6 heteroatoms. The Morgan fingerprint density at radius 1 is 1.29 bits per heavy atom. The van der Waals surface area contributed by atoms with Gasteiger partial charge in [0, 0.05) is 12.0 Å². The number of halogens is 1. The topological polar surface area (TPSA) is 63.2 Å². The molecule has 0 atom stereocenters. The Hall–Kier alpha value is -1.07. The molecular weight excluding hydrogens is 262 g/mol. The van der Waals surface area contributed by atoms with E-state index in [2.05, 4.69) is 4.72 Å². The van der Waals surface area contributed by atoms with Crippen LogP contribution < -0.4 is 4.72 Å². The molecule has 1 aromatic carbocycles. The smallest absolute Gasteiger partial charge is 0.229 e. The first-order valence-corrected chi connectivity index (χ1v) is 7.48. The van der Waals surface area contributed by atoms with E-state index >= 15 is 0 Å². The second-order valence-electron chi connectivity index (χ2n) is 4.10. The molecule has 0 saturated heterocycles. The molecule has 1 aromatic rings. The van der Waals surface area contributed by atoms with Crippen molar-refractivity contribution in [3.63, 3.8) is 0 Å². The fraction of sp³-hybridized carbons (Fsp3) is 0.364. The van der Waals surface area contributed by atoms with Crippen molar-refractivity contribution < 1.29 is 13.2 Å². The summed E-state index contributed by atoms with van der Waals surface area (Å²) in [5, 5.41) is 0.392. The van der Waals surface area contributed by atoms with Crippen molar-refractivity contribution >= 4 is 33.1 Å². The number of hydrogen-bond acceptors (Lipinski definition) is 3. The van der Waals surface area contributed by atoms with Gasteiger partial charge in [-0.15, -0.1) is 0 Å². The molecule has 4 nitrogen and oxygen atoms in total. The molecule has 0 amide bonds. The first-order chi connectivity index (χ1) is 7.88. The van der Waals surface area contributed by atoms with Gasteiger partial charge in [0.15, 0.2) is 5.78 Å². The molecule has 0 aromatic heterocycles. The van der Waals surface area contributed by atoms with Crippen LogP contribution >= 0.6 is 11.6 Å². The van der Waals surface area contributed by atoms with Crippen LogP contribution in [0.15, 0.2) is 12.1 Å². The van der Waals surface area contributed by atoms with Gasteiger partial charge >= 0.3 is 0 Å². The summed E-state index contributed by atoms with van der Waals surface area (Å²) < 4.78 is 24.9. The minimum absolute atomic E-state index is 0.0200. The Morgan fingerprint density at radius 2 is 2.00 bits per heavy atom. The number of fused-ring (bicyclic) bond motifs is 1. The number of carbonyl (C=O) groups excluding carboxylic acids is 1. The van der Waals surface area contributed by atoms with Crippen LogP contribution in [0.1, 0.15) is 28.8 Å². The zero-order valence-electron chi connectivity index (χ0n) is 9.29. The molecule has 17 heavy (non-hydrogen) atoms. The Balaban J connectivity index is 2.56. The summed E-state index contributed by atoms with van der Waals surface area (Å²) in [5.41, 5.74) is 1.63. The summed E-state index contributed by atoms with van der Waals surface area (Å²) in [6.45, 7) is 0. The average Bonchev–Trinajstić information content (AvgIpc) is 2.20. The van der Waals surface area contributed by atoms with Gasteiger partial charge in [0.1, 0.15) is 0 Å². The van der Waals surface area contributed by atoms with Crippen LogP contribution in [0.2, 0.25) is 5.02 Å². The van der Waals surface area contributed by atoms with Crippen LogP contribution in [0, 0.1) is 0 Å². The first kappa shape index (κ1) is 12.4. The third-order valence-electron chi connectivity index (χ3n) is 2.67. The zero-order chi connectivity index (χ0) is 12.6. The lowest BCUT2D eigenvalue weighted by atomic mass is 9.89. The second-order valence-corrected chi connectivity index (χ2v) is 6.26. The lowest BCUT2D eigenvalue weighted by Gasteiger charge is -2.19. The maximum atomic E-state index is 11.8. The van der Waals surface area contributed by atoms with E-state index in [1.807, 2.05) is 0 Å². The van der Waals surface area contributed by atoms with Crippen LogP contribution in [0.5, 0.6) is 0 Å². The third kappa shape index (κ3) is 2.61. The summed E-state index contributed by atoms with van der Waals surface area (Å²) in [6.07, 6.45) is 2.94. The van der Waals surface area contributed by atoms with Crippen molar-refractivity contribution in [1.29, 1.82) is 0 Å². The van der Waals surface area contributed by atoms with E-state index in [1.165, 1.54) is 0 Å². The number of ketones is 1. The molecule has 0 heterocycles. The molecule has 1 N–H and O–H groups in total. The highest BCUT2D eigenvalue weighted by atomic mass is 35.5. The predicted octanol–water partition coefficient (Wildman–Crippen LogP) is 2.23. The predicted molar refractivity (Wildman–Crippen MR) is 67.2 cm³/mol. The molecule has 0 aliphatic heterocycles.